The highest BCUT2D eigenvalue weighted by Crippen LogP contribution is 2.35. The van der Waals surface area contributed by atoms with Gasteiger partial charge in [-0.2, -0.15) is 0 Å². The number of carbonyl (C=O) groups is 4. The van der Waals surface area contributed by atoms with Gasteiger partial charge in [-0.05, 0) is 98.8 Å². The second-order valence-electron chi connectivity index (χ2n) is 22.8. The fourth-order valence-corrected chi connectivity index (χ4v) is 7.50. The Kier molecular flexibility index (Phi) is 45.4. The van der Waals surface area contributed by atoms with Crippen LogP contribution < -0.4 is 5.32 Å². The molecular formula is C56H113NO10. The molecular weight excluding hydrogens is 847 g/mol. The van der Waals surface area contributed by atoms with Gasteiger partial charge in [-0.3, -0.25) is 19.2 Å². The van der Waals surface area contributed by atoms with Gasteiger partial charge in [0.2, 0.25) is 0 Å². The standard InChI is InChI=1S/C20H38O4.C13H29N.C12H24O3.C11H22O3/c1-13(2)11-17(15(5)6)19(21)23-9-10-24-20(22)18(16(7)8)12-14(3)4;1-12(2)10-8-6-5-7-9-11-14-13(3)4;1-9(2)8-12(5,10(3)4)11(14)15-7-6-13;1-8(2)7-10(9(3)4)11(13)14-6-5-12/h13-18H,9-12H2,1-8H3;12-14H,5-11H2,1-4H3;9-10,13H,6-8H2,1-5H3;8-10,12H,5-7H2,1-4H3. The molecule has 0 aromatic carbocycles. The number of hydrogen-bond donors (Lipinski definition) is 3. The quantitative estimate of drug-likeness (QED) is 0.0335. The monoisotopic (exact) mass is 960 g/mol. The van der Waals surface area contributed by atoms with Gasteiger partial charge < -0.3 is 34.5 Å². The van der Waals surface area contributed by atoms with Crippen LogP contribution in [0.1, 0.15) is 210 Å². The van der Waals surface area contributed by atoms with Gasteiger partial charge in [-0.15, -0.1) is 0 Å². The minimum absolute atomic E-state index is 0.0402. The zero-order valence-corrected chi connectivity index (χ0v) is 47.7. The zero-order valence-electron chi connectivity index (χ0n) is 47.7. The van der Waals surface area contributed by atoms with Crippen molar-refractivity contribution in [1.29, 1.82) is 0 Å². The third-order valence-electron chi connectivity index (χ3n) is 11.8. The van der Waals surface area contributed by atoms with Crippen LogP contribution in [-0.4, -0.2) is 86.3 Å². The van der Waals surface area contributed by atoms with Crippen LogP contribution in [0.2, 0.25) is 0 Å². The Morgan fingerprint density at radius 1 is 0.448 bits per heavy atom. The number of aliphatic hydroxyl groups is 2. The van der Waals surface area contributed by atoms with E-state index in [0.29, 0.717) is 35.6 Å². The molecule has 3 N–H and O–H groups in total. The molecule has 0 aliphatic heterocycles. The first-order valence-electron chi connectivity index (χ1n) is 26.6. The van der Waals surface area contributed by atoms with E-state index in [2.05, 4.69) is 88.4 Å². The fraction of sp³-hybridized carbons (Fsp3) is 0.929. The minimum atomic E-state index is -0.441. The number of unbranched alkanes of at least 4 members (excludes halogenated alkanes) is 4. The summed E-state index contributed by atoms with van der Waals surface area (Å²) in [5.41, 5.74) is -0.441. The first-order valence-corrected chi connectivity index (χ1v) is 26.6. The number of nitrogens with one attached hydrogen (secondary N) is 1. The van der Waals surface area contributed by atoms with Crippen molar-refractivity contribution in [1.82, 2.24) is 5.32 Å². The molecule has 67 heavy (non-hydrogen) atoms. The average molecular weight is 961 g/mol. The Hall–Kier alpha value is -2.24. The number of hydrogen-bond acceptors (Lipinski definition) is 11. The number of rotatable bonds is 32. The predicted octanol–water partition coefficient (Wildman–Crippen LogP) is 12.8. The van der Waals surface area contributed by atoms with Crippen LogP contribution in [0.25, 0.3) is 0 Å². The summed E-state index contributed by atoms with van der Waals surface area (Å²) >= 11 is 0. The highest BCUT2D eigenvalue weighted by molar-refractivity contribution is 5.76. The lowest BCUT2D eigenvalue weighted by Gasteiger charge is -2.32. The van der Waals surface area contributed by atoms with Crippen molar-refractivity contribution in [2.75, 3.05) is 46.2 Å². The molecule has 11 heteroatoms. The Morgan fingerprint density at radius 2 is 0.791 bits per heavy atom. The summed E-state index contributed by atoms with van der Waals surface area (Å²) in [6, 6.07) is 0.649. The van der Waals surface area contributed by atoms with Crippen molar-refractivity contribution < 1.29 is 48.3 Å². The fourth-order valence-electron chi connectivity index (χ4n) is 7.50. The topological polar surface area (TPSA) is 158 Å². The normalized spacial score (nSPS) is 13.8. The number of aliphatic hydroxyl groups excluding tert-OH is 2. The van der Waals surface area contributed by atoms with E-state index in [1.165, 1.54) is 45.1 Å². The van der Waals surface area contributed by atoms with Gasteiger partial charge in [-0.1, -0.05) is 171 Å². The van der Waals surface area contributed by atoms with Crippen LogP contribution in [0.3, 0.4) is 0 Å². The molecule has 0 aromatic rings. The maximum absolute atomic E-state index is 12.2. The third kappa shape index (κ3) is 41.3. The van der Waals surface area contributed by atoms with Gasteiger partial charge in [0.15, 0.2) is 0 Å². The molecule has 0 rings (SSSR count). The summed E-state index contributed by atoms with van der Waals surface area (Å²) in [5, 5.41) is 20.6. The van der Waals surface area contributed by atoms with Crippen LogP contribution in [-0.2, 0) is 38.1 Å². The van der Waals surface area contributed by atoms with Gasteiger partial charge >= 0.3 is 23.9 Å². The molecule has 11 nitrogen and oxygen atoms in total. The van der Waals surface area contributed by atoms with E-state index in [4.69, 9.17) is 29.2 Å². The molecule has 0 aliphatic rings. The van der Waals surface area contributed by atoms with Crippen LogP contribution in [0, 0.1) is 76.4 Å². The molecule has 0 heterocycles. The SMILES string of the molecule is CC(C)CC(C(=O)OCCO)C(C)C.CC(C)CC(C(=O)OCCOC(=O)C(CC(C)C)C(C)C)C(C)C.CC(C)CC(C)(C(=O)OCCO)C(C)C.CC(C)CCCCCCCNC(C)C. The lowest BCUT2D eigenvalue weighted by molar-refractivity contribution is -0.160. The second-order valence-corrected chi connectivity index (χ2v) is 22.8. The Morgan fingerprint density at radius 3 is 1.09 bits per heavy atom. The summed E-state index contributed by atoms with van der Waals surface area (Å²) < 4.78 is 20.6. The van der Waals surface area contributed by atoms with Crippen LogP contribution in [0.15, 0.2) is 0 Å². The molecule has 0 amide bonds. The third-order valence-corrected chi connectivity index (χ3v) is 11.8. The summed E-state index contributed by atoms with van der Waals surface area (Å²) in [6.45, 7) is 45.5. The highest BCUT2D eigenvalue weighted by Gasteiger charge is 2.38. The molecule has 0 fully saturated rings. The lowest BCUT2D eigenvalue weighted by Crippen LogP contribution is -2.36. The molecule has 0 aromatic heterocycles. The largest absolute Gasteiger partial charge is 0.463 e. The zero-order chi connectivity index (χ0) is 52.9. The molecule has 0 saturated heterocycles. The maximum atomic E-state index is 12.2. The van der Waals surface area contributed by atoms with Crippen molar-refractivity contribution in [3.8, 4) is 0 Å². The Balaban J connectivity index is -0.000000408. The molecule has 0 radical (unpaired) electrons. The van der Waals surface area contributed by atoms with Gasteiger partial charge in [0.25, 0.3) is 0 Å². The van der Waals surface area contributed by atoms with E-state index in [1.807, 2.05) is 62.3 Å². The molecule has 0 spiro atoms. The first-order chi connectivity index (χ1) is 31.0. The van der Waals surface area contributed by atoms with E-state index >= 15 is 0 Å². The van der Waals surface area contributed by atoms with Crippen molar-refractivity contribution >= 4 is 23.9 Å². The van der Waals surface area contributed by atoms with E-state index in [-0.39, 0.29) is 99.0 Å². The first kappa shape index (κ1) is 71.3. The van der Waals surface area contributed by atoms with E-state index in [1.54, 1.807) is 0 Å². The van der Waals surface area contributed by atoms with Crippen molar-refractivity contribution in [2.45, 2.75) is 216 Å². The summed E-state index contributed by atoms with van der Waals surface area (Å²) in [6.07, 6.45) is 11.7. The number of esters is 4. The molecule has 0 saturated carbocycles. The van der Waals surface area contributed by atoms with Crippen LogP contribution in [0.5, 0.6) is 0 Å². The number of ether oxygens (including phenoxy) is 4. The second kappa shape index (κ2) is 42.6. The lowest BCUT2D eigenvalue weighted by atomic mass is 9.73. The predicted molar refractivity (Wildman–Crippen MR) is 279 cm³/mol. The van der Waals surface area contributed by atoms with Crippen LogP contribution >= 0.6 is 0 Å². The molecule has 4 unspecified atom stereocenters. The van der Waals surface area contributed by atoms with Crippen molar-refractivity contribution in [3.05, 3.63) is 0 Å². The van der Waals surface area contributed by atoms with Crippen LogP contribution in [0.4, 0.5) is 0 Å². The Bertz CT molecular complexity index is 1150. The smallest absolute Gasteiger partial charge is 0.312 e. The van der Waals surface area contributed by atoms with Gasteiger partial charge in [0, 0.05) is 6.04 Å². The van der Waals surface area contributed by atoms with E-state index in [9.17, 15) is 19.2 Å². The van der Waals surface area contributed by atoms with Gasteiger partial charge in [0.05, 0.1) is 36.4 Å². The molecule has 0 aliphatic carbocycles. The Labute approximate surface area is 414 Å². The minimum Gasteiger partial charge on any atom is -0.463 e. The molecule has 402 valence electrons. The molecule has 4 atom stereocenters. The van der Waals surface area contributed by atoms with Crippen molar-refractivity contribution in [2.24, 2.45) is 76.4 Å². The summed E-state index contributed by atoms with van der Waals surface area (Å²) in [5.74, 6) is 2.80. The number of carbonyl (C=O) groups excluding carboxylic acids is 4. The van der Waals surface area contributed by atoms with Crippen molar-refractivity contribution in [3.63, 3.8) is 0 Å². The van der Waals surface area contributed by atoms with Gasteiger partial charge in [-0.25, -0.2) is 0 Å². The summed E-state index contributed by atoms with van der Waals surface area (Å²) in [7, 11) is 0. The maximum Gasteiger partial charge on any atom is 0.312 e. The van der Waals surface area contributed by atoms with E-state index in [0.717, 1.165) is 31.6 Å². The summed E-state index contributed by atoms with van der Waals surface area (Å²) in [4.78, 5) is 47.8. The van der Waals surface area contributed by atoms with Gasteiger partial charge in [0.1, 0.15) is 26.4 Å². The van der Waals surface area contributed by atoms with E-state index < -0.39 is 5.41 Å². The average Bonchev–Trinajstić information content (AvgIpc) is 3.21. The molecule has 0 bridgehead atoms. The highest BCUT2D eigenvalue weighted by atomic mass is 16.6.